The lowest BCUT2D eigenvalue weighted by molar-refractivity contribution is -0.0957. The van der Waals surface area contributed by atoms with Gasteiger partial charge in [0, 0.05) is 61.3 Å². The van der Waals surface area contributed by atoms with Crippen molar-refractivity contribution in [3.63, 3.8) is 0 Å². The van der Waals surface area contributed by atoms with Gasteiger partial charge in [-0.2, -0.15) is 0 Å². The van der Waals surface area contributed by atoms with Crippen LogP contribution in [0.4, 0.5) is 8.78 Å². The van der Waals surface area contributed by atoms with E-state index in [1.54, 1.807) is 6.20 Å². The fraction of sp³-hybridized carbons (Fsp3) is 0.667. The molecule has 170 valence electrons. The summed E-state index contributed by atoms with van der Waals surface area (Å²) in [5.41, 5.74) is 6.26. The molecule has 0 unspecified atom stereocenters. The van der Waals surface area contributed by atoms with Gasteiger partial charge in [-0.1, -0.05) is 26.7 Å². The van der Waals surface area contributed by atoms with E-state index in [-0.39, 0.29) is 24.9 Å². The standard InChI is InChI=1S/C24H40F2N4/c1-8-21(28-29(7)9-2)14-18(5)30(17(3)4)19(6)20-10-12-22(13-11-20)27-23-15-24(25,26)16-23/h9,14,19-20,22-23,27-28H,2-3,5,8,10-13,15-16H2,1,4,6-7H3/b21-14+/t19-,20?,22?/m1/s1. The SMILES string of the molecule is C=CN(C)N/C(=C/C(=C)N(C(=C)C)[C@H](C)C1CCC(NC2CC(F)(F)C2)CC1)CC. The Morgan fingerprint density at radius 1 is 1.17 bits per heavy atom. The van der Waals surface area contributed by atoms with Gasteiger partial charge in [-0.3, -0.25) is 5.01 Å². The highest BCUT2D eigenvalue weighted by Gasteiger charge is 2.46. The highest BCUT2D eigenvalue weighted by atomic mass is 19.3. The maximum Gasteiger partial charge on any atom is 0.251 e. The molecule has 4 nitrogen and oxygen atoms in total. The minimum atomic E-state index is -2.45. The highest BCUT2D eigenvalue weighted by Crippen LogP contribution is 2.39. The molecular weight excluding hydrogens is 382 g/mol. The Hall–Kier alpha value is -1.82. The van der Waals surface area contributed by atoms with Gasteiger partial charge in [0.2, 0.25) is 0 Å². The normalized spacial score (nSPS) is 25.1. The van der Waals surface area contributed by atoms with E-state index in [1.165, 1.54) is 0 Å². The van der Waals surface area contributed by atoms with Crippen molar-refractivity contribution in [1.82, 2.24) is 20.7 Å². The van der Waals surface area contributed by atoms with E-state index in [2.05, 4.69) is 55.3 Å². The first-order chi connectivity index (χ1) is 14.1. The van der Waals surface area contributed by atoms with Crippen molar-refractivity contribution < 1.29 is 8.78 Å². The molecule has 2 fully saturated rings. The molecule has 0 bridgehead atoms. The van der Waals surface area contributed by atoms with Crippen LogP contribution in [0.25, 0.3) is 0 Å². The van der Waals surface area contributed by atoms with Crippen LogP contribution in [0.15, 0.2) is 49.1 Å². The Balaban J connectivity index is 1.93. The number of halogens is 2. The van der Waals surface area contributed by atoms with Crippen molar-refractivity contribution in [3.8, 4) is 0 Å². The minimum absolute atomic E-state index is 0.00618. The minimum Gasteiger partial charge on any atom is -0.343 e. The molecule has 0 aromatic heterocycles. The second kappa shape index (κ2) is 10.5. The van der Waals surface area contributed by atoms with Crippen LogP contribution in [-0.2, 0) is 0 Å². The topological polar surface area (TPSA) is 30.5 Å². The van der Waals surface area contributed by atoms with E-state index < -0.39 is 5.92 Å². The number of hydrazine groups is 1. The highest BCUT2D eigenvalue weighted by molar-refractivity contribution is 5.23. The lowest BCUT2D eigenvalue weighted by atomic mass is 9.79. The van der Waals surface area contributed by atoms with Crippen LogP contribution in [0.5, 0.6) is 0 Å². The van der Waals surface area contributed by atoms with Crippen molar-refractivity contribution in [2.45, 2.75) is 89.8 Å². The van der Waals surface area contributed by atoms with Gasteiger partial charge in [0.15, 0.2) is 0 Å². The molecule has 1 atom stereocenters. The van der Waals surface area contributed by atoms with Crippen LogP contribution in [0, 0.1) is 5.92 Å². The van der Waals surface area contributed by atoms with Gasteiger partial charge in [0.25, 0.3) is 5.92 Å². The average molecular weight is 423 g/mol. The van der Waals surface area contributed by atoms with Crippen LogP contribution in [0.3, 0.4) is 0 Å². The van der Waals surface area contributed by atoms with E-state index in [0.29, 0.717) is 12.0 Å². The number of alkyl halides is 2. The van der Waals surface area contributed by atoms with Gasteiger partial charge in [0.05, 0.1) is 0 Å². The zero-order chi connectivity index (χ0) is 22.5. The van der Waals surface area contributed by atoms with Crippen molar-refractivity contribution in [2.24, 2.45) is 5.92 Å². The predicted octanol–water partition coefficient (Wildman–Crippen LogP) is 5.54. The molecule has 2 saturated carbocycles. The zero-order valence-electron chi connectivity index (χ0n) is 19.2. The van der Waals surface area contributed by atoms with Crippen LogP contribution in [0.1, 0.15) is 65.7 Å². The molecule has 0 radical (unpaired) electrons. The first-order valence-electron chi connectivity index (χ1n) is 11.2. The first-order valence-corrected chi connectivity index (χ1v) is 11.2. The van der Waals surface area contributed by atoms with Gasteiger partial charge >= 0.3 is 0 Å². The molecule has 2 N–H and O–H groups in total. The summed E-state index contributed by atoms with van der Waals surface area (Å²) in [6.45, 7) is 18.6. The Morgan fingerprint density at radius 3 is 2.23 bits per heavy atom. The predicted molar refractivity (Wildman–Crippen MR) is 122 cm³/mol. The van der Waals surface area contributed by atoms with Gasteiger partial charge in [-0.05, 0) is 57.9 Å². The third kappa shape index (κ3) is 6.59. The molecule has 6 heteroatoms. The van der Waals surface area contributed by atoms with Gasteiger partial charge in [-0.25, -0.2) is 8.78 Å². The Kier molecular flexibility index (Phi) is 8.53. The molecule has 0 spiro atoms. The fourth-order valence-corrected chi connectivity index (χ4v) is 4.70. The molecule has 2 rings (SSSR count). The number of hydrogen-bond donors (Lipinski definition) is 2. The molecule has 0 aliphatic heterocycles. The monoisotopic (exact) mass is 422 g/mol. The van der Waals surface area contributed by atoms with Gasteiger partial charge < -0.3 is 15.6 Å². The van der Waals surface area contributed by atoms with Crippen LogP contribution >= 0.6 is 0 Å². The van der Waals surface area contributed by atoms with Crippen molar-refractivity contribution in [2.75, 3.05) is 7.05 Å². The van der Waals surface area contributed by atoms with Crippen LogP contribution in [0.2, 0.25) is 0 Å². The lowest BCUT2D eigenvalue weighted by Gasteiger charge is -2.43. The Bertz CT molecular complexity index is 642. The zero-order valence-corrected chi connectivity index (χ0v) is 19.2. The summed E-state index contributed by atoms with van der Waals surface area (Å²) in [5.74, 6) is -1.92. The van der Waals surface area contributed by atoms with Crippen molar-refractivity contribution >= 4 is 0 Å². The van der Waals surface area contributed by atoms with E-state index >= 15 is 0 Å². The van der Waals surface area contributed by atoms with Crippen molar-refractivity contribution in [1.29, 1.82) is 0 Å². The molecule has 0 amide bonds. The molecular formula is C24H40F2N4. The summed E-state index contributed by atoms with van der Waals surface area (Å²) < 4.78 is 26.2. The van der Waals surface area contributed by atoms with Crippen molar-refractivity contribution in [3.05, 3.63) is 49.1 Å². The maximum absolute atomic E-state index is 13.1. The number of allylic oxidation sites excluding steroid dienone is 3. The fourth-order valence-electron chi connectivity index (χ4n) is 4.70. The van der Waals surface area contributed by atoms with E-state index in [9.17, 15) is 8.78 Å². The third-order valence-electron chi connectivity index (χ3n) is 6.46. The van der Waals surface area contributed by atoms with Crippen LogP contribution in [-0.4, -0.2) is 41.0 Å². The van der Waals surface area contributed by atoms with E-state index in [1.807, 2.05) is 19.0 Å². The molecule has 2 aliphatic rings. The molecule has 0 aromatic rings. The largest absolute Gasteiger partial charge is 0.343 e. The number of hydrogen-bond acceptors (Lipinski definition) is 4. The summed E-state index contributed by atoms with van der Waals surface area (Å²) in [5, 5.41) is 5.27. The molecule has 0 heterocycles. The molecule has 30 heavy (non-hydrogen) atoms. The smallest absolute Gasteiger partial charge is 0.251 e. The van der Waals surface area contributed by atoms with Gasteiger partial charge in [0.1, 0.15) is 0 Å². The number of nitrogens with zero attached hydrogens (tertiary/aromatic N) is 2. The molecule has 2 aliphatic carbocycles. The maximum atomic E-state index is 13.1. The van der Waals surface area contributed by atoms with E-state index in [0.717, 1.165) is 49.2 Å². The summed E-state index contributed by atoms with van der Waals surface area (Å²) in [7, 11) is 1.91. The van der Waals surface area contributed by atoms with Gasteiger partial charge in [-0.15, -0.1) is 0 Å². The quantitative estimate of drug-likeness (QED) is 0.338. The second-order valence-corrected chi connectivity index (χ2v) is 9.01. The summed E-state index contributed by atoms with van der Waals surface area (Å²) in [6.07, 6.45) is 8.89. The van der Waals surface area contributed by atoms with Crippen LogP contribution < -0.4 is 10.7 Å². The summed E-state index contributed by atoms with van der Waals surface area (Å²) in [6, 6.07) is 0.640. The second-order valence-electron chi connectivity index (χ2n) is 9.01. The van der Waals surface area contributed by atoms with E-state index in [4.69, 9.17) is 0 Å². The summed E-state index contributed by atoms with van der Waals surface area (Å²) >= 11 is 0. The first kappa shape index (κ1) is 24.4. The Morgan fingerprint density at radius 2 is 1.77 bits per heavy atom. The molecule has 0 aromatic carbocycles. The lowest BCUT2D eigenvalue weighted by Crippen LogP contribution is -2.53. The number of nitrogens with one attached hydrogen (secondary N) is 2. The molecule has 0 saturated heterocycles. The average Bonchev–Trinajstić information content (AvgIpc) is 2.66. The Labute approximate surface area is 181 Å². The third-order valence-corrected chi connectivity index (χ3v) is 6.46. The summed E-state index contributed by atoms with van der Waals surface area (Å²) in [4.78, 5) is 2.23. The number of rotatable bonds is 11.